The highest BCUT2D eigenvalue weighted by molar-refractivity contribution is 7.73. The maximum atomic E-state index is 5.41. The van der Waals surface area contributed by atoms with Crippen LogP contribution in [0.25, 0.3) is 0 Å². The second-order valence-electron chi connectivity index (χ2n) is 11.1. The van der Waals surface area contributed by atoms with Crippen LogP contribution < -0.4 is 26.5 Å². The lowest BCUT2D eigenvalue weighted by atomic mass is 9.93. The van der Waals surface area contributed by atoms with E-state index in [-0.39, 0.29) is 12.1 Å². The largest absolute Gasteiger partial charge is 0.307 e. The Hall–Kier alpha value is -4.19. The second kappa shape index (κ2) is 16.9. The van der Waals surface area contributed by atoms with Crippen molar-refractivity contribution in [3.8, 4) is 0 Å². The second-order valence-corrected chi connectivity index (χ2v) is 15.7. The number of benzene rings is 6. The lowest BCUT2D eigenvalue weighted by Gasteiger charge is -2.28. The maximum Gasteiger partial charge on any atom is 0.0939 e. The van der Waals surface area contributed by atoms with Gasteiger partial charge >= 0.3 is 0 Å². The lowest BCUT2D eigenvalue weighted by Crippen LogP contribution is -2.30. The van der Waals surface area contributed by atoms with Crippen molar-refractivity contribution in [3.05, 3.63) is 193 Å². The van der Waals surface area contributed by atoms with Gasteiger partial charge in [0.2, 0.25) is 0 Å². The molecule has 0 aliphatic heterocycles. The van der Waals surface area contributed by atoms with Gasteiger partial charge in [0.05, 0.1) is 12.1 Å². The number of hydrogen-bond donors (Lipinski definition) is 1. The summed E-state index contributed by atoms with van der Waals surface area (Å²) < 4.78 is 0. The molecule has 0 radical (unpaired) electrons. The molecule has 6 rings (SSSR count). The maximum absolute atomic E-state index is 5.41. The minimum absolute atomic E-state index is 0.0305. The number of aliphatic imine (C=N–C) groups is 1. The molecule has 6 aromatic carbocycles. The predicted octanol–water partition coefficient (Wildman–Crippen LogP) is 8.40. The molecular formula is C42H40N2P2. The summed E-state index contributed by atoms with van der Waals surface area (Å²) in [5, 5.41) is 9.59. The van der Waals surface area contributed by atoms with E-state index in [1.807, 2.05) is 0 Å². The summed E-state index contributed by atoms with van der Waals surface area (Å²) in [6.07, 6.45) is 4.13. The molecule has 4 heteroatoms. The molecular weight excluding hydrogens is 594 g/mol. The molecule has 0 aromatic heterocycles. The highest BCUT2D eigenvalue weighted by atomic mass is 31.1. The van der Waals surface area contributed by atoms with Crippen molar-refractivity contribution in [1.29, 1.82) is 0 Å². The molecule has 6 aromatic rings. The molecule has 0 aliphatic carbocycles. The third-order valence-corrected chi connectivity index (χ3v) is 13.0. The average molecular weight is 635 g/mol. The normalized spacial score (nSPS) is 12.8. The molecule has 0 spiro atoms. The van der Waals surface area contributed by atoms with Crippen molar-refractivity contribution in [1.82, 2.24) is 5.32 Å². The van der Waals surface area contributed by atoms with E-state index in [2.05, 4.69) is 194 Å². The van der Waals surface area contributed by atoms with Gasteiger partial charge in [-0.1, -0.05) is 182 Å². The van der Waals surface area contributed by atoms with Crippen LogP contribution in [-0.2, 0) is 0 Å². The molecule has 0 amide bonds. The van der Waals surface area contributed by atoms with E-state index < -0.39 is 15.8 Å². The Morgan fingerprint density at radius 2 is 0.826 bits per heavy atom. The first-order valence-electron chi connectivity index (χ1n) is 16.0. The zero-order valence-corrected chi connectivity index (χ0v) is 27.8. The highest BCUT2D eigenvalue weighted by Gasteiger charge is 2.25. The van der Waals surface area contributed by atoms with Crippen LogP contribution in [0.15, 0.2) is 187 Å². The summed E-state index contributed by atoms with van der Waals surface area (Å²) in [4.78, 5) is 5.41. The van der Waals surface area contributed by atoms with Gasteiger partial charge in [-0.2, -0.15) is 0 Å². The van der Waals surface area contributed by atoms with Gasteiger partial charge in [-0.3, -0.25) is 4.99 Å². The first-order valence-corrected chi connectivity index (χ1v) is 19.0. The first kappa shape index (κ1) is 31.8. The molecule has 2 nitrogen and oxygen atoms in total. The van der Waals surface area contributed by atoms with Crippen LogP contribution in [0.1, 0.15) is 23.2 Å². The minimum atomic E-state index is -0.562. The van der Waals surface area contributed by atoms with Crippen LogP contribution in [0.5, 0.6) is 0 Å². The Labute approximate surface area is 276 Å². The van der Waals surface area contributed by atoms with Gasteiger partial charge in [0.15, 0.2) is 0 Å². The van der Waals surface area contributed by atoms with Crippen molar-refractivity contribution < 1.29 is 0 Å². The van der Waals surface area contributed by atoms with Crippen LogP contribution in [0.3, 0.4) is 0 Å². The Morgan fingerprint density at radius 1 is 0.457 bits per heavy atom. The fourth-order valence-electron chi connectivity index (χ4n) is 5.86. The molecule has 0 aliphatic rings. The van der Waals surface area contributed by atoms with E-state index in [0.29, 0.717) is 0 Å². The Morgan fingerprint density at radius 3 is 1.26 bits per heavy atom. The highest BCUT2D eigenvalue weighted by Crippen LogP contribution is 2.37. The Kier molecular flexibility index (Phi) is 11.7. The van der Waals surface area contributed by atoms with Gasteiger partial charge in [-0.25, -0.2) is 0 Å². The van der Waals surface area contributed by atoms with Gasteiger partial charge in [0.25, 0.3) is 0 Å². The van der Waals surface area contributed by atoms with E-state index >= 15 is 0 Å². The van der Waals surface area contributed by atoms with Crippen LogP contribution in [-0.4, -0.2) is 25.1 Å². The SMILES string of the molecule is C(CP(c1ccccc1)c1ccccc1)=N[C@@H](c1ccccc1)C(NCCP(c1ccccc1)c1ccccc1)c1ccccc1. The standard InChI is InChI=1S/C42H40N2P2/c1-7-19-35(20-8-1)41(43-31-33-45(37-23-11-3-12-24-37)38-25-13-4-14-26-38)42(36-21-9-2-10-22-36)44-32-34-46(39-27-15-5-16-28-39)40-29-17-6-18-30-40/h1-31,41-42,44H,32-34H2/t41-,42?/m0/s1. The van der Waals surface area contributed by atoms with E-state index in [1.54, 1.807) is 0 Å². The predicted molar refractivity (Wildman–Crippen MR) is 203 cm³/mol. The quantitative estimate of drug-likeness (QED) is 0.0945. The molecule has 1 N–H and O–H groups in total. The molecule has 228 valence electrons. The lowest BCUT2D eigenvalue weighted by molar-refractivity contribution is 0.469. The average Bonchev–Trinajstić information content (AvgIpc) is 3.14. The number of rotatable bonds is 14. The topological polar surface area (TPSA) is 24.4 Å². The van der Waals surface area contributed by atoms with Crippen LogP contribution in [0, 0.1) is 0 Å². The number of nitrogens with zero attached hydrogens (tertiary/aromatic N) is 1. The molecule has 0 heterocycles. The van der Waals surface area contributed by atoms with Crippen LogP contribution in [0.2, 0.25) is 0 Å². The smallest absolute Gasteiger partial charge is 0.0939 e. The summed E-state index contributed by atoms with van der Waals surface area (Å²) in [7, 11) is -1.06. The van der Waals surface area contributed by atoms with Gasteiger partial charge in [-0.05, 0) is 54.4 Å². The summed E-state index contributed by atoms with van der Waals surface area (Å²) in [6, 6.07) is 65.4. The molecule has 46 heavy (non-hydrogen) atoms. The van der Waals surface area contributed by atoms with Crippen molar-refractivity contribution in [2.45, 2.75) is 12.1 Å². The van der Waals surface area contributed by atoms with E-state index in [1.165, 1.54) is 32.3 Å². The molecule has 0 saturated carbocycles. The van der Waals surface area contributed by atoms with Gasteiger partial charge in [-0.15, -0.1) is 0 Å². The van der Waals surface area contributed by atoms with E-state index in [9.17, 15) is 0 Å². The third kappa shape index (κ3) is 8.54. The van der Waals surface area contributed by atoms with Gasteiger partial charge < -0.3 is 5.32 Å². The van der Waals surface area contributed by atoms with Crippen LogP contribution >= 0.6 is 15.8 Å². The Balaban J connectivity index is 1.29. The van der Waals surface area contributed by atoms with Gasteiger partial charge in [0.1, 0.15) is 0 Å². The molecule has 1 unspecified atom stereocenters. The number of hydrogen-bond acceptors (Lipinski definition) is 2. The van der Waals surface area contributed by atoms with Crippen LogP contribution in [0.4, 0.5) is 0 Å². The third-order valence-electron chi connectivity index (χ3n) is 8.12. The molecule has 0 fully saturated rings. The van der Waals surface area contributed by atoms with E-state index in [0.717, 1.165) is 18.9 Å². The molecule has 0 saturated heterocycles. The number of nitrogens with one attached hydrogen (secondary N) is 1. The minimum Gasteiger partial charge on any atom is -0.307 e. The van der Waals surface area contributed by atoms with Crippen molar-refractivity contribution >= 4 is 43.3 Å². The van der Waals surface area contributed by atoms with Crippen molar-refractivity contribution in [3.63, 3.8) is 0 Å². The Bertz CT molecular complexity index is 1650. The summed E-state index contributed by atoms with van der Waals surface area (Å²) in [6.45, 7) is 0.884. The van der Waals surface area contributed by atoms with Crippen molar-refractivity contribution in [2.24, 2.45) is 4.99 Å². The van der Waals surface area contributed by atoms with Crippen molar-refractivity contribution in [2.75, 3.05) is 18.9 Å². The summed E-state index contributed by atoms with van der Waals surface area (Å²) in [5.41, 5.74) is 2.47. The fraction of sp³-hybridized carbons (Fsp3) is 0.119. The van der Waals surface area contributed by atoms with E-state index in [4.69, 9.17) is 4.99 Å². The van der Waals surface area contributed by atoms with Gasteiger partial charge in [0, 0.05) is 18.9 Å². The first-order chi connectivity index (χ1) is 22.9. The summed E-state index contributed by atoms with van der Waals surface area (Å²) in [5.74, 6) is 0. The zero-order chi connectivity index (χ0) is 31.2. The monoisotopic (exact) mass is 634 g/mol. The molecule has 2 atom stereocenters. The zero-order valence-electron chi connectivity index (χ0n) is 26.0. The fourth-order valence-corrected chi connectivity index (χ4v) is 10.1. The summed E-state index contributed by atoms with van der Waals surface area (Å²) >= 11 is 0. The molecule has 0 bridgehead atoms.